The Kier molecular flexibility index (Phi) is 6.44. The van der Waals surface area contributed by atoms with Crippen molar-refractivity contribution in [3.05, 3.63) is 52.9 Å². The van der Waals surface area contributed by atoms with Crippen LogP contribution in [0.2, 0.25) is 0 Å². The highest BCUT2D eigenvalue weighted by Gasteiger charge is 2.34. The van der Waals surface area contributed by atoms with Crippen LogP contribution in [0.1, 0.15) is 44.4 Å². The molecule has 1 N–H and O–H groups in total. The fraction of sp³-hybridized carbons (Fsp3) is 0.444. The predicted molar refractivity (Wildman–Crippen MR) is 149 cm³/mol. The number of nitrogens with one attached hydrogen (secondary N) is 1. The summed E-state index contributed by atoms with van der Waals surface area (Å²) in [4.78, 5) is 12.1. The number of anilines is 1. The molecule has 0 saturated heterocycles. The van der Waals surface area contributed by atoms with Gasteiger partial charge < -0.3 is 4.98 Å². The summed E-state index contributed by atoms with van der Waals surface area (Å²) in [6.45, 7) is 7.13. The van der Waals surface area contributed by atoms with Crippen LogP contribution in [0.5, 0.6) is 0 Å². The Hall–Kier alpha value is -2.20. The highest BCUT2D eigenvalue weighted by atomic mass is 32.2. The molecule has 2 fully saturated rings. The number of H-pyrrole nitrogens is 1. The molecular weight excluding hydrogens is 509 g/mol. The van der Waals surface area contributed by atoms with Crippen LogP contribution in [0.15, 0.2) is 52.2 Å². The molecule has 6 nitrogen and oxygen atoms in total. The lowest BCUT2D eigenvalue weighted by Gasteiger charge is -2.24. The molecule has 0 atom stereocenters. The first kappa shape index (κ1) is 24.2. The van der Waals surface area contributed by atoms with Crippen LogP contribution >= 0.6 is 22.7 Å². The minimum atomic E-state index is -3.62. The van der Waals surface area contributed by atoms with Gasteiger partial charge >= 0.3 is 0 Å². The fourth-order valence-corrected chi connectivity index (χ4v) is 8.37. The predicted octanol–water partition coefficient (Wildman–Crippen LogP) is 6.58. The van der Waals surface area contributed by atoms with Crippen molar-refractivity contribution in [2.24, 2.45) is 11.8 Å². The highest BCUT2D eigenvalue weighted by molar-refractivity contribution is 7.94. The first-order chi connectivity index (χ1) is 17.4. The van der Waals surface area contributed by atoms with Crippen molar-refractivity contribution in [3.63, 3.8) is 0 Å². The van der Waals surface area contributed by atoms with Gasteiger partial charge in [0.15, 0.2) is 0 Å². The summed E-state index contributed by atoms with van der Waals surface area (Å²) in [6, 6.07) is 12.2. The zero-order valence-corrected chi connectivity index (χ0v) is 23.1. The summed E-state index contributed by atoms with van der Waals surface area (Å²) >= 11 is 3.00. The minimum Gasteiger partial charge on any atom is -0.351 e. The number of hydrogen-bond acceptors (Lipinski definition) is 6. The first-order valence-electron chi connectivity index (χ1n) is 12.8. The zero-order chi connectivity index (χ0) is 24.9. The number of thiazole rings is 1. The molecule has 0 bridgehead atoms. The van der Waals surface area contributed by atoms with E-state index in [1.54, 1.807) is 27.8 Å². The van der Waals surface area contributed by atoms with Gasteiger partial charge in [0.2, 0.25) is 0 Å². The van der Waals surface area contributed by atoms with Gasteiger partial charge in [-0.3, -0.25) is 9.21 Å². The van der Waals surface area contributed by atoms with Gasteiger partial charge in [0.1, 0.15) is 9.22 Å². The molecular formula is C27H32N4O2S3. The number of rotatable bonds is 11. The van der Waals surface area contributed by atoms with E-state index in [0.29, 0.717) is 28.3 Å². The number of fused-ring (bicyclic) bond motifs is 1. The summed E-state index contributed by atoms with van der Waals surface area (Å²) in [5.74, 6) is 1.07. The third-order valence-electron chi connectivity index (χ3n) is 6.87. The van der Waals surface area contributed by atoms with E-state index in [0.717, 1.165) is 53.6 Å². The molecule has 6 rings (SSSR count). The molecule has 3 heterocycles. The molecule has 0 unspecified atom stereocenters. The maximum atomic E-state index is 13.6. The Morgan fingerprint density at radius 1 is 1.14 bits per heavy atom. The van der Waals surface area contributed by atoms with Gasteiger partial charge in [-0.2, -0.15) is 0 Å². The summed E-state index contributed by atoms with van der Waals surface area (Å²) in [7, 11) is -3.62. The van der Waals surface area contributed by atoms with Crippen LogP contribution < -0.4 is 4.31 Å². The molecule has 1 aromatic carbocycles. The fourth-order valence-electron chi connectivity index (χ4n) is 4.80. The lowest BCUT2D eigenvalue weighted by atomic mass is 10.2. The molecule has 4 aromatic rings. The Morgan fingerprint density at radius 3 is 2.67 bits per heavy atom. The van der Waals surface area contributed by atoms with E-state index in [-0.39, 0.29) is 0 Å². The second kappa shape index (κ2) is 9.59. The maximum absolute atomic E-state index is 13.6. The summed E-state index contributed by atoms with van der Waals surface area (Å²) in [6.07, 6.45) is 6.77. The first-order valence-corrected chi connectivity index (χ1v) is 15.9. The largest absolute Gasteiger partial charge is 0.351 e. The lowest BCUT2D eigenvalue weighted by Crippen LogP contribution is -2.32. The molecule has 190 valence electrons. The second-order valence-electron chi connectivity index (χ2n) is 10.5. The van der Waals surface area contributed by atoms with Gasteiger partial charge in [0.05, 0.1) is 16.9 Å². The summed E-state index contributed by atoms with van der Waals surface area (Å²) in [5, 5.41) is 3.77. The Balaban J connectivity index is 1.32. The van der Waals surface area contributed by atoms with Crippen LogP contribution in [0, 0.1) is 11.8 Å². The molecule has 0 spiro atoms. The van der Waals surface area contributed by atoms with Gasteiger partial charge in [0.25, 0.3) is 10.0 Å². The molecule has 2 saturated carbocycles. The third kappa shape index (κ3) is 4.98. The van der Waals surface area contributed by atoms with Crippen LogP contribution in [0.25, 0.3) is 21.6 Å². The van der Waals surface area contributed by atoms with Crippen molar-refractivity contribution in [3.8, 4) is 10.7 Å². The van der Waals surface area contributed by atoms with Gasteiger partial charge in [-0.25, -0.2) is 13.4 Å². The molecule has 0 amide bonds. The Morgan fingerprint density at radius 2 is 1.97 bits per heavy atom. The van der Waals surface area contributed by atoms with E-state index in [4.69, 9.17) is 4.98 Å². The number of aromatic nitrogens is 2. The topological polar surface area (TPSA) is 69.3 Å². The van der Waals surface area contributed by atoms with Gasteiger partial charge in [-0.1, -0.05) is 32.0 Å². The van der Waals surface area contributed by atoms with E-state index in [9.17, 15) is 8.42 Å². The SMILES string of the molecule is CC(C)CN(Cc1cnc(-c2cc3cccc(N(CC4CC4)S(=O)(=O)c4cccs4)c3[nH]2)s1)C1CC1. The summed E-state index contributed by atoms with van der Waals surface area (Å²) < 4.78 is 29.3. The van der Waals surface area contributed by atoms with Crippen molar-refractivity contribution in [1.82, 2.24) is 14.9 Å². The number of para-hydroxylation sites is 1. The lowest BCUT2D eigenvalue weighted by molar-refractivity contribution is 0.228. The number of hydrogen-bond donors (Lipinski definition) is 1. The van der Waals surface area contributed by atoms with E-state index in [1.807, 2.05) is 29.8 Å². The zero-order valence-electron chi connectivity index (χ0n) is 20.7. The van der Waals surface area contributed by atoms with Crippen molar-refractivity contribution >= 4 is 49.3 Å². The third-order valence-corrected chi connectivity index (χ3v) is 11.0. The number of benzene rings is 1. The van der Waals surface area contributed by atoms with Crippen molar-refractivity contribution in [2.45, 2.75) is 56.3 Å². The molecule has 2 aliphatic rings. The van der Waals surface area contributed by atoms with E-state index >= 15 is 0 Å². The van der Waals surface area contributed by atoms with Crippen molar-refractivity contribution < 1.29 is 8.42 Å². The minimum absolute atomic E-state index is 0.387. The van der Waals surface area contributed by atoms with E-state index in [1.165, 1.54) is 29.1 Å². The van der Waals surface area contributed by atoms with Crippen molar-refractivity contribution in [2.75, 3.05) is 17.4 Å². The van der Waals surface area contributed by atoms with Crippen LogP contribution in [0.4, 0.5) is 5.69 Å². The summed E-state index contributed by atoms with van der Waals surface area (Å²) in [5.41, 5.74) is 2.51. The van der Waals surface area contributed by atoms with Crippen LogP contribution in [-0.2, 0) is 16.6 Å². The molecule has 36 heavy (non-hydrogen) atoms. The average Bonchev–Trinajstić information content (AvgIpc) is 3.68. The Labute approximate surface area is 221 Å². The molecule has 0 aliphatic heterocycles. The van der Waals surface area contributed by atoms with Gasteiger partial charge in [0, 0.05) is 42.1 Å². The molecule has 3 aromatic heterocycles. The van der Waals surface area contributed by atoms with Crippen LogP contribution in [-0.4, -0.2) is 42.4 Å². The second-order valence-corrected chi connectivity index (χ2v) is 14.7. The molecule has 2 aliphatic carbocycles. The van der Waals surface area contributed by atoms with Gasteiger partial charge in [-0.15, -0.1) is 22.7 Å². The standard InChI is InChI=1S/C27H32N4O2S3/c1-18(2)15-30(21-10-11-21)17-22-14-28-27(35-22)23-13-20-5-3-6-24(26(20)29-23)31(16-19-8-9-19)36(32,33)25-7-4-12-34-25/h3-7,12-14,18-19,21,29H,8-11,15-17H2,1-2H3. The van der Waals surface area contributed by atoms with Gasteiger partial charge in [-0.05, 0) is 61.1 Å². The average molecular weight is 541 g/mol. The number of aromatic amines is 1. The van der Waals surface area contributed by atoms with Crippen LogP contribution in [0.3, 0.4) is 0 Å². The number of sulfonamides is 1. The van der Waals surface area contributed by atoms with E-state index in [2.05, 4.69) is 29.8 Å². The number of thiophene rings is 1. The van der Waals surface area contributed by atoms with E-state index < -0.39 is 10.0 Å². The number of nitrogens with zero attached hydrogens (tertiary/aromatic N) is 3. The normalized spacial score (nSPS) is 16.4. The molecule has 0 radical (unpaired) electrons. The monoisotopic (exact) mass is 540 g/mol. The maximum Gasteiger partial charge on any atom is 0.273 e. The van der Waals surface area contributed by atoms with Crippen molar-refractivity contribution in [1.29, 1.82) is 0 Å². The smallest absolute Gasteiger partial charge is 0.273 e. The Bertz CT molecular complexity index is 1450. The highest BCUT2D eigenvalue weighted by Crippen LogP contribution is 2.39. The molecule has 9 heteroatoms. The quantitative estimate of drug-likeness (QED) is 0.233.